The molecule has 3 rings (SSSR count). The van der Waals surface area contributed by atoms with E-state index in [1.165, 1.54) is 30.7 Å². The second-order valence-corrected chi connectivity index (χ2v) is 6.71. The van der Waals surface area contributed by atoms with Gasteiger partial charge in [0.25, 0.3) is 0 Å². The summed E-state index contributed by atoms with van der Waals surface area (Å²) in [5.74, 6) is -0.232. The van der Waals surface area contributed by atoms with Crippen LogP contribution in [-0.4, -0.2) is 16.9 Å². The van der Waals surface area contributed by atoms with E-state index < -0.39 is 0 Å². The molecule has 0 spiro atoms. The minimum atomic E-state index is -0.232. The summed E-state index contributed by atoms with van der Waals surface area (Å²) < 4.78 is 15.1. The van der Waals surface area contributed by atoms with E-state index in [2.05, 4.69) is 11.6 Å². The molecule has 2 aromatic rings. The Balaban J connectivity index is 2.08. The fraction of sp³-hybridized carbons (Fsp3) is 0.333. The Labute approximate surface area is 139 Å². The van der Waals surface area contributed by atoms with E-state index in [0.29, 0.717) is 6.54 Å². The number of benzene rings is 1. The van der Waals surface area contributed by atoms with Gasteiger partial charge >= 0.3 is 0 Å². The molecule has 1 aromatic heterocycles. The van der Waals surface area contributed by atoms with Gasteiger partial charge in [0.2, 0.25) is 4.80 Å². The number of halogens is 1. The first-order chi connectivity index (χ1) is 11.1. The Morgan fingerprint density at radius 3 is 2.61 bits per heavy atom. The predicted molar refractivity (Wildman–Crippen MR) is 94.2 cm³/mol. The Morgan fingerprint density at radius 2 is 1.96 bits per heavy atom. The molecular weight excluding hydrogens is 309 g/mol. The third-order valence-corrected chi connectivity index (χ3v) is 4.59. The minimum Gasteiger partial charge on any atom is -0.253 e. The summed E-state index contributed by atoms with van der Waals surface area (Å²) in [6.07, 6.45) is 4.50. The van der Waals surface area contributed by atoms with Crippen molar-refractivity contribution in [2.24, 2.45) is 10.1 Å². The molecule has 1 heterocycles. The van der Waals surface area contributed by atoms with Gasteiger partial charge in [0.15, 0.2) is 0 Å². The van der Waals surface area contributed by atoms with Crippen molar-refractivity contribution in [1.82, 2.24) is 4.68 Å². The summed E-state index contributed by atoms with van der Waals surface area (Å²) in [4.78, 5) is 5.47. The average Bonchev–Trinajstić information content (AvgIpc) is 3.17. The maximum atomic E-state index is 13.2. The highest BCUT2D eigenvalue weighted by Crippen LogP contribution is 2.22. The molecule has 0 saturated heterocycles. The summed E-state index contributed by atoms with van der Waals surface area (Å²) >= 11 is 1.55. The number of aromatic nitrogens is 1. The van der Waals surface area contributed by atoms with E-state index in [9.17, 15) is 4.39 Å². The second kappa shape index (κ2) is 7.04. The lowest BCUT2D eigenvalue weighted by Gasteiger charge is -2.05. The van der Waals surface area contributed by atoms with Crippen molar-refractivity contribution >= 4 is 17.0 Å². The van der Waals surface area contributed by atoms with Crippen molar-refractivity contribution in [3.05, 3.63) is 52.4 Å². The van der Waals surface area contributed by atoms with Gasteiger partial charge in [-0.05, 0) is 56.9 Å². The Kier molecular flexibility index (Phi) is 4.86. The molecule has 1 aliphatic rings. The quantitative estimate of drug-likeness (QED) is 0.733. The zero-order valence-electron chi connectivity index (χ0n) is 13.3. The van der Waals surface area contributed by atoms with Gasteiger partial charge in [-0.1, -0.05) is 12.2 Å². The molecule has 0 radical (unpaired) electrons. The van der Waals surface area contributed by atoms with Crippen molar-refractivity contribution < 1.29 is 4.39 Å². The van der Waals surface area contributed by atoms with Crippen LogP contribution in [0.1, 0.15) is 32.6 Å². The standard InChI is InChI=1S/C18H20FN3S/c1-13(2)11-20-18-22(21-16-5-3-4-6-16)17(12-23-18)14-7-9-15(19)10-8-14/h7-10,12H,1,3-6,11H2,2H3. The lowest BCUT2D eigenvalue weighted by molar-refractivity contribution is 0.628. The van der Waals surface area contributed by atoms with Gasteiger partial charge in [0, 0.05) is 16.7 Å². The molecule has 5 heteroatoms. The lowest BCUT2D eigenvalue weighted by Crippen LogP contribution is -2.14. The molecule has 1 aromatic carbocycles. The molecule has 1 saturated carbocycles. The lowest BCUT2D eigenvalue weighted by atomic mass is 10.2. The van der Waals surface area contributed by atoms with Gasteiger partial charge in [-0.15, -0.1) is 11.3 Å². The maximum Gasteiger partial charge on any atom is 0.206 e. The molecule has 120 valence electrons. The van der Waals surface area contributed by atoms with Crippen LogP contribution in [0.5, 0.6) is 0 Å². The van der Waals surface area contributed by atoms with Crippen LogP contribution in [-0.2, 0) is 0 Å². The second-order valence-electron chi connectivity index (χ2n) is 5.87. The number of thiazole rings is 1. The Hall–Kier alpha value is -2.01. The van der Waals surface area contributed by atoms with Crippen LogP contribution in [0.25, 0.3) is 11.3 Å². The largest absolute Gasteiger partial charge is 0.253 e. The van der Waals surface area contributed by atoms with Crippen molar-refractivity contribution in [3.63, 3.8) is 0 Å². The van der Waals surface area contributed by atoms with Gasteiger partial charge in [-0.25, -0.2) is 9.07 Å². The fourth-order valence-corrected chi connectivity index (χ4v) is 3.38. The first kappa shape index (κ1) is 15.9. The monoisotopic (exact) mass is 329 g/mol. The maximum absolute atomic E-state index is 13.2. The number of hydrogen-bond acceptors (Lipinski definition) is 3. The van der Waals surface area contributed by atoms with E-state index in [1.807, 2.05) is 17.0 Å². The Bertz CT molecular complexity index is 788. The topological polar surface area (TPSA) is 29.6 Å². The fourth-order valence-electron chi connectivity index (χ4n) is 2.55. The average molecular weight is 329 g/mol. The Morgan fingerprint density at radius 1 is 1.26 bits per heavy atom. The molecule has 3 nitrogen and oxygen atoms in total. The third kappa shape index (κ3) is 3.85. The number of rotatable bonds is 4. The minimum absolute atomic E-state index is 0.232. The van der Waals surface area contributed by atoms with E-state index in [0.717, 1.165) is 34.5 Å². The molecule has 0 bridgehead atoms. The van der Waals surface area contributed by atoms with Crippen LogP contribution in [0.15, 0.2) is 51.9 Å². The molecule has 23 heavy (non-hydrogen) atoms. The van der Waals surface area contributed by atoms with Crippen molar-refractivity contribution in [2.75, 3.05) is 6.54 Å². The van der Waals surface area contributed by atoms with Gasteiger partial charge in [-0.3, -0.25) is 4.99 Å². The van der Waals surface area contributed by atoms with Crippen LogP contribution < -0.4 is 4.80 Å². The molecule has 0 unspecified atom stereocenters. The molecule has 1 aliphatic carbocycles. The van der Waals surface area contributed by atoms with Gasteiger partial charge < -0.3 is 0 Å². The molecular formula is C18H20FN3S. The summed E-state index contributed by atoms with van der Waals surface area (Å²) in [5, 5.41) is 6.85. The first-order valence-electron chi connectivity index (χ1n) is 7.81. The zero-order chi connectivity index (χ0) is 16.2. The van der Waals surface area contributed by atoms with Crippen molar-refractivity contribution in [3.8, 4) is 11.3 Å². The van der Waals surface area contributed by atoms with Gasteiger partial charge in [-0.2, -0.15) is 5.10 Å². The normalized spacial score (nSPS) is 15.2. The third-order valence-electron chi connectivity index (χ3n) is 3.73. The van der Waals surface area contributed by atoms with Crippen LogP contribution in [0.3, 0.4) is 0 Å². The van der Waals surface area contributed by atoms with Gasteiger partial charge in [0.05, 0.1) is 12.2 Å². The predicted octanol–water partition coefficient (Wildman–Crippen LogP) is 4.61. The van der Waals surface area contributed by atoms with Crippen LogP contribution in [0.4, 0.5) is 4.39 Å². The van der Waals surface area contributed by atoms with Crippen molar-refractivity contribution in [1.29, 1.82) is 0 Å². The van der Waals surface area contributed by atoms with Crippen LogP contribution in [0.2, 0.25) is 0 Å². The summed E-state index contributed by atoms with van der Waals surface area (Å²) in [6, 6.07) is 6.52. The molecule has 0 amide bonds. The molecule has 1 fully saturated rings. The van der Waals surface area contributed by atoms with E-state index in [4.69, 9.17) is 5.10 Å². The summed E-state index contributed by atoms with van der Waals surface area (Å²) in [7, 11) is 0. The van der Waals surface area contributed by atoms with Crippen LogP contribution in [0, 0.1) is 5.82 Å². The highest BCUT2D eigenvalue weighted by atomic mass is 32.1. The molecule has 0 aliphatic heterocycles. The highest BCUT2D eigenvalue weighted by Gasteiger charge is 2.12. The van der Waals surface area contributed by atoms with E-state index in [-0.39, 0.29) is 5.82 Å². The molecule has 0 N–H and O–H groups in total. The number of nitrogens with zero attached hydrogens (tertiary/aromatic N) is 3. The van der Waals surface area contributed by atoms with E-state index in [1.54, 1.807) is 23.5 Å². The smallest absolute Gasteiger partial charge is 0.206 e. The first-order valence-corrected chi connectivity index (χ1v) is 8.69. The summed E-state index contributed by atoms with van der Waals surface area (Å²) in [5.41, 5.74) is 4.13. The van der Waals surface area contributed by atoms with E-state index >= 15 is 0 Å². The van der Waals surface area contributed by atoms with Gasteiger partial charge in [0.1, 0.15) is 5.82 Å². The van der Waals surface area contributed by atoms with Crippen LogP contribution >= 0.6 is 11.3 Å². The number of hydrogen-bond donors (Lipinski definition) is 0. The zero-order valence-corrected chi connectivity index (χ0v) is 14.1. The molecule has 0 atom stereocenters. The summed E-state index contributed by atoms with van der Waals surface area (Å²) in [6.45, 7) is 6.46. The highest BCUT2D eigenvalue weighted by molar-refractivity contribution is 7.07. The SMILES string of the molecule is C=C(C)CN=c1scc(-c2ccc(F)cc2)n1N=C1CCCC1. The van der Waals surface area contributed by atoms with Crippen molar-refractivity contribution in [2.45, 2.75) is 32.6 Å².